The van der Waals surface area contributed by atoms with Crippen molar-refractivity contribution in [3.8, 4) is 22.6 Å². The SMILES string of the molecule is COc1cccc(OC)c1CN=C(N)Nc1ncccc1-c1ccccc1. The molecular weight excluding hydrogens is 340 g/mol. The summed E-state index contributed by atoms with van der Waals surface area (Å²) in [6, 6.07) is 19.5. The van der Waals surface area contributed by atoms with E-state index in [1.54, 1.807) is 20.4 Å². The van der Waals surface area contributed by atoms with Gasteiger partial charge in [-0.05, 0) is 29.8 Å². The van der Waals surface area contributed by atoms with Gasteiger partial charge < -0.3 is 20.5 Å². The van der Waals surface area contributed by atoms with Crippen molar-refractivity contribution in [3.63, 3.8) is 0 Å². The van der Waals surface area contributed by atoms with Crippen molar-refractivity contribution in [2.45, 2.75) is 6.54 Å². The predicted molar refractivity (Wildman–Crippen MR) is 108 cm³/mol. The molecule has 6 heteroatoms. The first kappa shape index (κ1) is 18.3. The van der Waals surface area contributed by atoms with E-state index in [0.29, 0.717) is 23.9 Å². The van der Waals surface area contributed by atoms with Gasteiger partial charge in [-0.3, -0.25) is 0 Å². The summed E-state index contributed by atoms with van der Waals surface area (Å²) < 4.78 is 10.8. The van der Waals surface area contributed by atoms with Crippen LogP contribution in [0.15, 0.2) is 71.9 Å². The van der Waals surface area contributed by atoms with Crippen molar-refractivity contribution < 1.29 is 9.47 Å². The number of guanidine groups is 1. The largest absolute Gasteiger partial charge is 0.496 e. The Labute approximate surface area is 158 Å². The minimum absolute atomic E-state index is 0.263. The number of anilines is 1. The highest BCUT2D eigenvalue weighted by Crippen LogP contribution is 2.29. The fraction of sp³-hybridized carbons (Fsp3) is 0.143. The summed E-state index contributed by atoms with van der Waals surface area (Å²) >= 11 is 0. The van der Waals surface area contributed by atoms with Crippen molar-refractivity contribution >= 4 is 11.8 Å². The Balaban J connectivity index is 1.82. The maximum Gasteiger partial charge on any atom is 0.194 e. The van der Waals surface area contributed by atoms with Gasteiger partial charge in [0.1, 0.15) is 17.3 Å². The lowest BCUT2D eigenvalue weighted by atomic mass is 10.1. The van der Waals surface area contributed by atoms with Gasteiger partial charge in [0.2, 0.25) is 0 Å². The molecule has 6 nitrogen and oxygen atoms in total. The van der Waals surface area contributed by atoms with Gasteiger partial charge in [-0.1, -0.05) is 36.4 Å². The van der Waals surface area contributed by atoms with E-state index in [0.717, 1.165) is 16.7 Å². The summed E-state index contributed by atoms with van der Waals surface area (Å²) in [4.78, 5) is 8.82. The van der Waals surface area contributed by atoms with E-state index >= 15 is 0 Å². The summed E-state index contributed by atoms with van der Waals surface area (Å²) in [5.74, 6) is 2.32. The van der Waals surface area contributed by atoms with Gasteiger partial charge in [0, 0.05) is 11.8 Å². The van der Waals surface area contributed by atoms with Crippen LogP contribution in [-0.2, 0) is 6.54 Å². The van der Waals surface area contributed by atoms with Gasteiger partial charge >= 0.3 is 0 Å². The van der Waals surface area contributed by atoms with Gasteiger partial charge in [-0.2, -0.15) is 0 Å². The standard InChI is InChI=1S/C21H22N4O2/c1-26-18-11-6-12-19(27-2)17(18)14-24-21(22)25-20-16(10-7-13-23-20)15-8-4-3-5-9-15/h3-13H,14H2,1-2H3,(H3,22,23,24,25). The topological polar surface area (TPSA) is 81.8 Å². The van der Waals surface area contributed by atoms with Crippen molar-refractivity contribution in [1.29, 1.82) is 0 Å². The molecule has 0 aliphatic rings. The third-order valence-corrected chi connectivity index (χ3v) is 4.08. The fourth-order valence-corrected chi connectivity index (χ4v) is 2.76. The minimum Gasteiger partial charge on any atom is -0.496 e. The Kier molecular flexibility index (Phi) is 5.89. The third kappa shape index (κ3) is 4.36. The smallest absolute Gasteiger partial charge is 0.194 e. The molecule has 0 radical (unpaired) electrons. The number of rotatable bonds is 6. The van der Waals surface area contributed by atoms with Gasteiger partial charge in [0.05, 0.1) is 26.3 Å². The first-order valence-electron chi connectivity index (χ1n) is 8.50. The molecule has 138 valence electrons. The fourth-order valence-electron chi connectivity index (χ4n) is 2.76. The van der Waals surface area contributed by atoms with Crippen molar-refractivity contribution in [1.82, 2.24) is 4.98 Å². The van der Waals surface area contributed by atoms with E-state index in [1.165, 1.54) is 0 Å². The molecule has 1 aromatic heterocycles. The Bertz CT molecular complexity index is 904. The number of hydrogen-bond acceptors (Lipinski definition) is 4. The van der Waals surface area contributed by atoms with E-state index in [9.17, 15) is 0 Å². The molecule has 3 N–H and O–H groups in total. The molecule has 0 spiro atoms. The highest BCUT2D eigenvalue weighted by Gasteiger charge is 2.10. The number of benzene rings is 2. The number of nitrogens with one attached hydrogen (secondary N) is 1. The minimum atomic E-state index is 0.263. The van der Waals surface area contributed by atoms with Crippen LogP contribution in [0.1, 0.15) is 5.56 Å². The molecule has 0 aliphatic carbocycles. The highest BCUT2D eigenvalue weighted by molar-refractivity contribution is 5.95. The number of aromatic nitrogens is 1. The van der Waals surface area contributed by atoms with E-state index in [4.69, 9.17) is 15.2 Å². The summed E-state index contributed by atoms with van der Waals surface area (Å²) in [5.41, 5.74) is 8.93. The predicted octanol–water partition coefficient (Wildman–Crippen LogP) is 3.69. The summed E-state index contributed by atoms with van der Waals surface area (Å²) in [6.45, 7) is 0.319. The van der Waals surface area contributed by atoms with Crippen LogP contribution in [0.5, 0.6) is 11.5 Å². The van der Waals surface area contributed by atoms with Crippen LogP contribution in [0.25, 0.3) is 11.1 Å². The summed E-state index contributed by atoms with van der Waals surface area (Å²) in [5, 5.41) is 3.09. The maximum absolute atomic E-state index is 6.10. The molecule has 0 amide bonds. The number of nitrogens with zero attached hydrogens (tertiary/aromatic N) is 2. The lowest BCUT2D eigenvalue weighted by Gasteiger charge is -2.13. The zero-order chi connectivity index (χ0) is 19.1. The van der Waals surface area contributed by atoms with Crippen LogP contribution in [0, 0.1) is 0 Å². The molecule has 3 rings (SSSR count). The average molecular weight is 362 g/mol. The van der Waals surface area contributed by atoms with E-state index in [1.807, 2.05) is 60.7 Å². The number of ether oxygens (including phenoxy) is 2. The number of pyridine rings is 1. The lowest BCUT2D eigenvalue weighted by molar-refractivity contribution is 0.385. The number of aliphatic imine (C=N–C) groups is 1. The van der Waals surface area contributed by atoms with Gasteiger partial charge in [0.25, 0.3) is 0 Å². The Hall–Kier alpha value is -3.54. The van der Waals surface area contributed by atoms with E-state index in [-0.39, 0.29) is 5.96 Å². The van der Waals surface area contributed by atoms with Crippen molar-refractivity contribution in [3.05, 3.63) is 72.4 Å². The second-order valence-electron chi connectivity index (χ2n) is 5.73. The second kappa shape index (κ2) is 8.71. The summed E-state index contributed by atoms with van der Waals surface area (Å²) in [7, 11) is 3.23. The van der Waals surface area contributed by atoms with Gasteiger partial charge in [-0.15, -0.1) is 0 Å². The first-order chi connectivity index (χ1) is 13.2. The third-order valence-electron chi connectivity index (χ3n) is 4.08. The van der Waals surface area contributed by atoms with Crippen molar-refractivity contribution in [2.24, 2.45) is 10.7 Å². The molecule has 0 saturated carbocycles. The van der Waals surface area contributed by atoms with Crippen LogP contribution in [0.4, 0.5) is 5.82 Å². The van der Waals surface area contributed by atoms with Crippen LogP contribution in [-0.4, -0.2) is 25.2 Å². The molecule has 2 aromatic carbocycles. The molecule has 0 atom stereocenters. The lowest BCUT2D eigenvalue weighted by Crippen LogP contribution is -2.23. The quantitative estimate of drug-likeness (QED) is 0.516. The number of methoxy groups -OCH3 is 2. The Morgan fingerprint density at radius 3 is 2.33 bits per heavy atom. The molecule has 27 heavy (non-hydrogen) atoms. The summed E-state index contributed by atoms with van der Waals surface area (Å²) in [6.07, 6.45) is 1.71. The molecule has 0 bridgehead atoms. The van der Waals surface area contributed by atoms with Crippen LogP contribution in [0.2, 0.25) is 0 Å². The monoisotopic (exact) mass is 362 g/mol. The molecule has 0 saturated heterocycles. The molecular formula is C21H22N4O2. The molecule has 0 unspecified atom stereocenters. The average Bonchev–Trinajstić information content (AvgIpc) is 2.73. The first-order valence-corrected chi connectivity index (χ1v) is 8.50. The van der Waals surface area contributed by atoms with E-state index in [2.05, 4.69) is 15.3 Å². The number of hydrogen-bond donors (Lipinski definition) is 2. The van der Waals surface area contributed by atoms with Gasteiger partial charge in [-0.25, -0.2) is 9.98 Å². The normalized spacial score (nSPS) is 11.1. The molecule has 3 aromatic rings. The van der Waals surface area contributed by atoms with Crippen LogP contribution >= 0.6 is 0 Å². The van der Waals surface area contributed by atoms with Crippen LogP contribution in [0.3, 0.4) is 0 Å². The van der Waals surface area contributed by atoms with Crippen LogP contribution < -0.4 is 20.5 Å². The zero-order valence-electron chi connectivity index (χ0n) is 15.3. The zero-order valence-corrected chi connectivity index (χ0v) is 15.3. The number of nitrogens with two attached hydrogens (primary N) is 1. The molecule has 0 fully saturated rings. The Morgan fingerprint density at radius 2 is 1.67 bits per heavy atom. The van der Waals surface area contributed by atoms with Crippen molar-refractivity contribution in [2.75, 3.05) is 19.5 Å². The molecule has 0 aliphatic heterocycles. The van der Waals surface area contributed by atoms with Gasteiger partial charge in [0.15, 0.2) is 5.96 Å². The van der Waals surface area contributed by atoms with E-state index < -0.39 is 0 Å². The Morgan fingerprint density at radius 1 is 0.963 bits per heavy atom. The second-order valence-corrected chi connectivity index (χ2v) is 5.73. The highest BCUT2D eigenvalue weighted by atomic mass is 16.5. The molecule has 1 heterocycles. The maximum atomic E-state index is 6.10.